The van der Waals surface area contributed by atoms with Gasteiger partial charge in [-0.1, -0.05) is 36.4 Å². The zero-order valence-corrected chi connectivity index (χ0v) is 22.2. The molecule has 0 aliphatic rings. The van der Waals surface area contributed by atoms with Gasteiger partial charge in [0.25, 0.3) is 11.5 Å². The van der Waals surface area contributed by atoms with Crippen LogP contribution in [0.25, 0.3) is 16.7 Å². The molecule has 3 aromatic heterocycles. The minimum absolute atomic E-state index is 0.0155. The summed E-state index contributed by atoms with van der Waals surface area (Å²) in [5.74, 6) is -0.550. The lowest BCUT2D eigenvalue weighted by atomic mass is 10.1. The van der Waals surface area contributed by atoms with Crippen LogP contribution in [0, 0.1) is 0 Å². The van der Waals surface area contributed by atoms with E-state index in [9.17, 15) is 14.4 Å². The number of carbonyl (C=O) groups excluding carboxylic acids is 2. The van der Waals surface area contributed by atoms with Crippen molar-refractivity contribution < 1.29 is 23.8 Å². The van der Waals surface area contributed by atoms with Crippen LogP contribution in [0.3, 0.4) is 0 Å². The number of methoxy groups -OCH3 is 2. The number of benzene rings is 2. The third kappa shape index (κ3) is 4.94. The van der Waals surface area contributed by atoms with Crippen molar-refractivity contribution in [2.45, 2.75) is 13.5 Å². The third-order valence-corrected chi connectivity index (χ3v) is 6.31. The molecule has 0 unspecified atom stereocenters. The van der Waals surface area contributed by atoms with Gasteiger partial charge >= 0.3 is 5.97 Å². The first-order valence-electron chi connectivity index (χ1n) is 12.5. The lowest BCUT2D eigenvalue weighted by Crippen LogP contribution is -2.33. The maximum atomic E-state index is 13.5. The van der Waals surface area contributed by atoms with Gasteiger partial charge < -0.3 is 18.8 Å². The lowest BCUT2D eigenvalue weighted by Gasteiger charge is -2.15. The smallest absolute Gasteiger partial charge is 0.341 e. The molecule has 0 N–H and O–H groups in total. The van der Waals surface area contributed by atoms with Crippen molar-refractivity contribution in [1.82, 2.24) is 14.0 Å². The molecule has 202 valence electrons. The fraction of sp³-hybridized carbons (Fsp3) is 0.167. The standard InChI is InChI=1S/C30H26N4O6/c1-4-40-30(37)22-17-21-26(31-25-12-8-9-15-33(25)29(21)36)34(18-19-10-6-5-7-11-19)27(22)32-28(35)20-13-14-23(38-2)24(16-20)39-3/h5-17H,4,18H2,1-3H3. The number of fused-ring (bicyclic) bond motifs is 2. The minimum Gasteiger partial charge on any atom is -0.493 e. The van der Waals surface area contributed by atoms with Crippen LogP contribution < -0.4 is 20.5 Å². The Morgan fingerprint density at radius 1 is 0.925 bits per heavy atom. The molecule has 0 aliphatic heterocycles. The van der Waals surface area contributed by atoms with Crippen LogP contribution in [0.1, 0.15) is 33.2 Å². The highest BCUT2D eigenvalue weighted by Crippen LogP contribution is 2.27. The topological polar surface area (TPSA) is 113 Å². The number of rotatable bonds is 7. The SMILES string of the molecule is CCOC(=O)c1cc2c(=O)n3ccccc3nc2n(Cc2ccccc2)c1=NC(=O)c1ccc(OC)c(OC)c1. The summed E-state index contributed by atoms with van der Waals surface area (Å²) in [5.41, 5.74) is 1.35. The predicted molar refractivity (Wildman–Crippen MR) is 148 cm³/mol. The monoisotopic (exact) mass is 538 g/mol. The van der Waals surface area contributed by atoms with E-state index in [4.69, 9.17) is 19.2 Å². The van der Waals surface area contributed by atoms with Crippen molar-refractivity contribution in [3.05, 3.63) is 112 Å². The van der Waals surface area contributed by atoms with Crippen molar-refractivity contribution >= 4 is 28.6 Å². The molecule has 3 heterocycles. The highest BCUT2D eigenvalue weighted by atomic mass is 16.5. The van der Waals surface area contributed by atoms with Gasteiger partial charge in [0.15, 0.2) is 17.0 Å². The molecule has 0 atom stereocenters. The molecule has 2 aromatic carbocycles. The fourth-order valence-electron chi connectivity index (χ4n) is 4.40. The Labute approximate surface area is 228 Å². The van der Waals surface area contributed by atoms with Gasteiger partial charge in [0.1, 0.15) is 16.9 Å². The van der Waals surface area contributed by atoms with Crippen LogP contribution in [0.5, 0.6) is 11.5 Å². The number of ether oxygens (including phenoxy) is 3. The first-order valence-corrected chi connectivity index (χ1v) is 12.5. The quantitative estimate of drug-likeness (QED) is 0.230. The van der Waals surface area contributed by atoms with E-state index < -0.39 is 11.9 Å². The summed E-state index contributed by atoms with van der Waals surface area (Å²) in [6.07, 6.45) is 1.61. The Morgan fingerprint density at radius 2 is 1.68 bits per heavy atom. The van der Waals surface area contributed by atoms with Crippen LogP contribution in [0.15, 0.2) is 88.8 Å². The largest absolute Gasteiger partial charge is 0.493 e. The summed E-state index contributed by atoms with van der Waals surface area (Å²) < 4.78 is 18.9. The van der Waals surface area contributed by atoms with E-state index in [1.807, 2.05) is 30.3 Å². The van der Waals surface area contributed by atoms with Gasteiger partial charge in [-0.05, 0) is 48.9 Å². The van der Waals surface area contributed by atoms with Crippen LogP contribution in [-0.2, 0) is 11.3 Å². The second kappa shape index (κ2) is 11.2. The summed E-state index contributed by atoms with van der Waals surface area (Å²) in [7, 11) is 2.96. The van der Waals surface area contributed by atoms with Crippen LogP contribution >= 0.6 is 0 Å². The van der Waals surface area contributed by atoms with Crippen molar-refractivity contribution in [1.29, 1.82) is 0 Å². The number of hydrogen-bond donors (Lipinski definition) is 0. The number of esters is 1. The summed E-state index contributed by atoms with van der Waals surface area (Å²) in [6.45, 7) is 1.94. The molecule has 1 amide bonds. The third-order valence-electron chi connectivity index (χ3n) is 6.31. The molecule has 5 aromatic rings. The number of carbonyl (C=O) groups is 2. The van der Waals surface area contributed by atoms with Crippen molar-refractivity contribution in [2.75, 3.05) is 20.8 Å². The van der Waals surface area contributed by atoms with Gasteiger partial charge in [0.05, 0.1) is 32.8 Å². The van der Waals surface area contributed by atoms with E-state index in [2.05, 4.69) is 4.99 Å². The van der Waals surface area contributed by atoms with Gasteiger partial charge in [-0.3, -0.25) is 14.0 Å². The molecule has 40 heavy (non-hydrogen) atoms. The summed E-state index contributed by atoms with van der Waals surface area (Å²) in [4.78, 5) is 49.4. The molecule has 10 heteroatoms. The van der Waals surface area contributed by atoms with Gasteiger partial charge in [0.2, 0.25) is 0 Å². The number of nitrogens with zero attached hydrogens (tertiary/aromatic N) is 4. The number of hydrogen-bond acceptors (Lipinski definition) is 7. The molecule has 0 bridgehead atoms. The second-order valence-corrected chi connectivity index (χ2v) is 8.74. The van der Waals surface area contributed by atoms with E-state index in [1.165, 1.54) is 30.8 Å². The highest BCUT2D eigenvalue weighted by molar-refractivity contribution is 5.97. The molecular formula is C30H26N4O6. The average molecular weight is 539 g/mol. The number of aromatic nitrogens is 3. The number of amides is 1. The Morgan fingerprint density at radius 3 is 2.40 bits per heavy atom. The van der Waals surface area contributed by atoms with Crippen molar-refractivity contribution in [3.63, 3.8) is 0 Å². The first kappa shape index (κ1) is 26.4. The molecule has 0 saturated carbocycles. The fourth-order valence-corrected chi connectivity index (χ4v) is 4.40. The molecule has 0 aliphatic carbocycles. The molecule has 0 spiro atoms. The normalized spacial score (nSPS) is 11.5. The molecular weight excluding hydrogens is 512 g/mol. The van der Waals surface area contributed by atoms with Crippen LogP contribution in [-0.4, -0.2) is 46.7 Å². The van der Waals surface area contributed by atoms with E-state index in [-0.39, 0.29) is 46.4 Å². The van der Waals surface area contributed by atoms with Gasteiger partial charge in [-0.25, -0.2) is 9.78 Å². The predicted octanol–water partition coefficient (Wildman–Crippen LogP) is 3.63. The molecule has 0 saturated heterocycles. The zero-order chi connectivity index (χ0) is 28.2. The van der Waals surface area contributed by atoms with Crippen molar-refractivity contribution in [3.8, 4) is 11.5 Å². The zero-order valence-electron chi connectivity index (χ0n) is 22.2. The van der Waals surface area contributed by atoms with E-state index in [0.29, 0.717) is 17.1 Å². The van der Waals surface area contributed by atoms with Crippen LogP contribution in [0.2, 0.25) is 0 Å². The lowest BCUT2D eigenvalue weighted by molar-refractivity contribution is 0.0523. The Kier molecular flexibility index (Phi) is 7.41. The Bertz CT molecular complexity index is 1880. The molecule has 0 fully saturated rings. The van der Waals surface area contributed by atoms with Crippen molar-refractivity contribution in [2.24, 2.45) is 4.99 Å². The van der Waals surface area contributed by atoms with E-state index in [0.717, 1.165) is 5.56 Å². The summed E-state index contributed by atoms with van der Waals surface area (Å²) >= 11 is 0. The number of pyridine rings is 2. The molecule has 10 nitrogen and oxygen atoms in total. The van der Waals surface area contributed by atoms with Gasteiger partial charge in [-0.2, -0.15) is 4.99 Å². The highest BCUT2D eigenvalue weighted by Gasteiger charge is 2.21. The van der Waals surface area contributed by atoms with E-state index >= 15 is 0 Å². The average Bonchev–Trinajstić information content (AvgIpc) is 2.98. The maximum absolute atomic E-state index is 13.5. The van der Waals surface area contributed by atoms with Gasteiger partial charge in [0, 0.05) is 11.8 Å². The summed E-state index contributed by atoms with van der Waals surface area (Å²) in [6, 6.07) is 20.7. The minimum atomic E-state index is -0.720. The van der Waals surface area contributed by atoms with E-state index in [1.54, 1.807) is 48.0 Å². The van der Waals surface area contributed by atoms with Gasteiger partial charge in [-0.15, -0.1) is 0 Å². The molecule has 5 rings (SSSR count). The maximum Gasteiger partial charge on any atom is 0.341 e. The van der Waals surface area contributed by atoms with Crippen LogP contribution in [0.4, 0.5) is 0 Å². The first-order chi connectivity index (χ1) is 19.4. The Hall–Kier alpha value is -5.25. The Balaban J connectivity index is 1.86. The summed E-state index contributed by atoms with van der Waals surface area (Å²) in [5, 5.41) is 0.181. The second-order valence-electron chi connectivity index (χ2n) is 8.74. The molecule has 0 radical (unpaired) electrons.